The number of nitrogens with zero attached hydrogens (tertiary/aromatic N) is 2. The third-order valence-electron chi connectivity index (χ3n) is 3.92. The molecule has 0 unspecified atom stereocenters. The molecule has 0 aromatic carbocycles. The second-order valence-electron chi connectivity index (χ2n) is 6.19. The van der Waals surface area contributed by atoms with Crippen molar-refractivity contribution in [1.82, 2.24) is 15.3 Å². The van der Waals surface area contributed by atoms with Crippen molar-refractivity contribution >= 4 is 46.5 Å². The Bertz CT molecular complexity index is 1080. The number of nitrogen functional groups attached to an aromatic ring is 1. The van der Waals surface area contributed by atoms with Crippen LogP contribution < -0.4 is 15.8 Å². The number of Topliss-reactive ketones (excluding diaryl/α,β-unsaturated/α-hetero) is 1. The molecule has 0 saturated heterocycles. The van der Waals surface area contributed by atoms with Crippen LogP contribution in [0.15, 0.2) is 48.7 Å². The molecule has 3 rings (SSSR count). The molecule has 30 heavy (non-hydrogen) atoms. The Labute approximate surface area is 182 Å². The molecule has 0 radical (unpaired) electrons. The highest BCUT2D eigenvalue weighted by atomic mass is 35.5. The number of halogens is 1. The Balaban J connectivity index is 1.48. The average Bonchev–Trinajstić information content (AvgIpc) is 3.22. The summed E-state index contributed by atoms with van der Waals surface area (Å²) in [6.45, 7) is 2.06. The van der Waals surface area contributed by atoms with Gasteiger partial charge in [-0.15, -0.1) is 11.3 Å². The second kappa shape index (κ2) is 10.00. The Morgan fingerprint density at radius 3 is 2.73 bits per heavy atom. The quantitative estimate of drug-likeness (QED) is 0.237. The first-order valence-corrected chi connectivity index (χ1v) is 10.2. The second-order valence-corrected chi connectivity index (χ2v) is 7.64. The first-order chi connectivity index (χ1) is 14.4. The summed E-state index contributed by atoms with van der Waals surface area (Å²) in [7, 11) is 0. The highest BCUT2D eigenvalue weighted by Gasteiger charge is 2.10. The van der Waals surface area contributed by atoms with Gasteiger partial charge in [0, 0.05) is 12.3 Å². The molecule has 0 spiro atoms. The van der Waals surface area contributed by atoms with Crippen molar-refractivity contribution < 1.29 is 14.3 Å². The van der Waals surface area contributed by atoms with Crippen LogP contribution in [0.1, 0.15) is 22.2 Å². The van der Waals surface area contributed by atoms with E-state index in [9.17, 15) is 9.59 Å². The van der Waals surface area contributed by atoms with E-state index in [-0.39, 0.29) is 23.5 Å². The molecule has 9 heteroatoms. The molecule has 154 valence electrons. The summed E-state index contributed by atoms with van der Waals surface area (Å²) in [5, 5.41) is 2.93. The van der Waals surface area contributed by atoms with Crippen LogP contribution in [-0.2, 0) is 4.79 Å². The number of pyridine rings is 2. The van der Waals surface area contributed by atoms with E-state index in [0.29, 0.717) is 28.7 Å². The average molecular weight is 443 g/mol. The highest BCUT2D eigenvalue weighted by molar-refractivity contribution is 7.17. The molecular weight excluding hydrogens is 424 g/mol. The van der Waals surface area contributed by atoms with Gasteiger partial charge in [-0.25, -0.2) is 9.97 Å². The van der Waals surface area contributed by atoms with Crippen molar-refractivity contribution in [2.75, 3.05) is 18.9 Å². The topological polar surface area (TPSA) is 107 Å². The molecule has 3 aromatic heterocycles. The summed E-state index contributed by atoms with van der Waals surface area (Å²) in [6, 6.07) is 10.5. The van der Waals surface area contributed by atoms with Gasteiger partial charge in [0.25, 0.3) is 0 Å². The van der Waals surface area contributed by atoms with Crippen LogP contribution in [0.3, 0.4) is 0 Å². The lowest BCUT2D eigenvalue weighted by atomic mass is 10.2. The SMILES string of the molecule is CC(=O)c1ccc(-c2ccc(OCCNC(=O)/C=C/c3ccc(N)nc3)c(Cl)n2)s1. The Morgan fingerprint density at radius 1 is 1.23 bits per heavy atom. The van der Waals surface area contributed by atoms with Crippen LogP contribution in [0.25, 0.3) is 16.6 Å². The number of thiophene rings is 1. The van der Waals surface area contributed by atoms with Crippen molar-refractivity contribution in [3.8, 4) is 16.3 Å². The number of aromatic nitrogens is 2. The monoisotopic (exact) mass is 442 g/mol. The van der Waals surface area contributed by atoms with Crippen LogP contribution in [-0.4, -0.2) is 34.8 Å². The third kappa shape index (κ3) is 5.88. The summed E-state index contributed by atoms with van der Waals surface area (Å²) >= 11 is 7.57. The van der Waals surface area contributed by atoms with Crippen LogP contribution in [0.5, 0.6) is 5.75 Å². The summed E-state index contributed by atoms with van der Waals surface area (Å²) in [4.78, 5) is 33.1. The van der Waals surface area contributed by atoms with Gasteiger partial charge in [-0.2, -0.15) is 0 Å². The number of carbonyl (C=O) groups is 2. The lowest BCUT2D eigenvalue weighted by Crippen LogP contribution is -2.26. The van der Waals surface area contributed by atoms with Gasteiger partial charge in [0.1, 0.15) is 12.4 Å². The van der Waals surface area contributed by atoms with E-state index < -0.39 is 0 Å². The lowest BCUT2D eigenvalue weighted by molar-refractivity contribution is -0.116. The van der Waals surface area contributed by atoms with E-state index in [1.807, 2.05) is 6.07 Å². The predicted octanol–water partition coefficient (Wildman–Crippen LogP) is 3.85. The molecule has 3 N–H and O–H groups in total. The summed E-state index contributed by atoms with van der Waals surface area (Å²) in [6.07, 6.45) is 4.63. The van der Waals surface area contributed by atoms with E-state index in [4.69, 9.17) is 22.1 Å². The zero-order valence-corrected chi connectivity index (χ0v) is 17.7. The fourth-order valence-electron chi connectivity index (χ4n) is 2.41. The first kappa shape index (κ1) is 21.5. The normalized spacial score (nSPS) is 10.9. The summed E-state index contributed by atoms with van der Waals surface area (Å²) in [5.74, 6) is 0.598. The molecule has 3 aromatic rings. The third-order valence-corrected chi connectivity index (χ3v) is 5.39. The van der Waals surface area contributed by atoms with Gasteiger partial charge >= 0.3 is 0 Å². The van der Waals surface area contributed by atoms with Crippen molar-refractivity contribution in [2.24, 2.45) is 0 Å². The van der Waals surface area contributed by atoms with Gasteiger partial charge in [0.15, 0.2) is 16.7 Å². The number of carbonyl (C=O) groups excluding carboxylic acids is 2. The molecule has 0 aliphatic rings. The number of hydrogen-bond acceptors (Lipinski definition) is 7. The zero-order valence-electron chi connectivity index (χ0n) is 16.1. The largest absolute Gasteiger partial charge is 0.489 e. The maximum atomic E-state index is 11.9. The van der Waals surface area contributed by atoms with Crippen LogP contribution in [0.4, 0.5) is 5.82 Å². The number of nitrogens with two attached hydrogens (primary N) is 1. The molecule has 0 atom stereocenters. The van der Waals surface area contributed by atoms with E-state index in [2.05, 4.69) is 15.3 Å². The number of nitrogens with one attached hydrogen (secondary N) is 1. The molecule has 0 bridgehead atoms. The maximum Gasteiger partial charge on any atom is 0.244 e. The Morgan fingerprint density at radius 2 is 2.07 bits per heavy atom. The van der Waals surface area contributed by atoms with Gasteiger partial charge in [-0.1, -0.05) is 11.6 Å². The highest BCUT2D eigenvalue weighted by Crippen LogP contribution is 2.31. The molecule has 0 aliphatic heterocycles. The lowest BCUT2D eigenvalue weighted by Gasteiger charge is -2.08. The molecule has 1 amide bonds. The van der Waals surface area contributed by atoms with Gasteiger partial charge in [0.2, 0.25) is 5.91 Å². The van der Waals surface area contributed by atoms with Crippen molar-refractivity contribution in [2.45, 2.75) is 6.92 Å². The van der Waals surface area contributed by atoms with Crippen molar-refractivity contribution in [1.29, 1.82) is 0 Å². The minimum atomic E-state index is -0.256. The maximum absolute atomic E-state index is 11.9. The van der Waals surface area contributed by atoms with Crippen LogP contribution in [0, 0.1) is 0 Å². The molecule has 0 fully saturated rings. The standard InChI is InChI=1S/C21H19ClN4O3S/c1-13(27)17-6-7-18(30-17)15-4-5-16(21(22)26-15)29-11-10-24-20(28)9-3-14-2-8-19(23)25-12-14/h2-9,12H,10-11H2,1H3,(H2,23,25)(H,24,28)/b9-3+. The van der Waals surface area contributed by atoms with E-state index in [1.165, 1.54) is 24.3 Å². The van der Waals surface area contributed by atoms with Gasteiger partial charge in [0.05, 0.1) is 22.0 Å². The zero-order chi connectivity index (χ0) is 21.5. The number of ether oxygens (including phenoxy) is 1. The van der Waals surface area contributed by atoms with Crippen molar-refractivity contribution in [3.63, 3.8) is 0 Å². The number of anilines is 1. The Hall–Kier alpha value is -3.23. The van der Waals surface area contributed by atoms with Crippen LogP contribution >= 0.6 is 22.9 Å². The summed E-state index contributed by atoms with van der Waals surface area (Å²) in [5.41, 5.74) is 6.96. The first-order valence-electron chi connectivity index (χ1n) is 9.00. The predicted molar refractivity (Wildman–Crippen MR) is 119 cm³/mol. The van der Waals surface area contributed by atoms with Gasteiger partial charge in [-0.3, -0.25) is 9.59 Å². The fraction of sp³-hybridized carbons (Fsp3) is 0.143. The van der Waals surface area contributed by atoms with E-state index >= 15 is 0 Å². The minimum absolute atomic E-state index is 0.0133. The van der Waals surface area contributed by atoms with E-state index in [1.54, 1.807) is 42.6 Å². The molecule has 3 heterocycles. The van der Waals surface area contributed by atoms with Gasteiger partial charge < -0.3 is 15.8 Å². The number of rotatable bonds is 8. The molecular formula is C21H19ClN4O3S. The molecule has 7 nitrogen and oxygen atoms in total. The minimum Gasteiger partial charge on any atom is -0.489 e. The van der Waals surface area contributed by atoms with Crippen LogP contribution in [0.2, 0.25) is 5.15 Å². The molecule has 0 aliphatic carbocycles. The number of amides is 1. The summed E-state index contributed by atoms with van der Waals surface area (Å²) < 4.78 is 5.59. The smallest absolute Gasteiger partial charge is 0.244 e. The van der Waals surface area contributed by atoms with E-state index in [0.717, 1.165) is 10.4 Å². The van der Waals surface area contributed by atoms with Gasteiger partial charge in [-0.05, 0) is 55.0 Å². The fourth-order valence-corrected chi connectivity index (χ4v) is 3.49. The molecule has 0 saturated carbocycles. The Kier molecular flexibility index (Phi) is 7.16. The van der Waals surface area contributed by atoms with Crippen molar-refractivity contribution in [3.05, 3.63) is 64.3 Å². The number of ketones is 1. The number of hydrogen-bond donors (Lipinski definition) is 2.